The normalized spacial score (nSPS) is 9.11. The molecule has 2 aromatic rings. The second-order valence-corrected chi connectivity index (χ2v) is 3.74. The third-order valence-corrected chi connectivity index (χ3v) is 2.24. The maximum absolute atomic E-state index is 11.0. The third-order valence-electron chi connectivity index (χ3n) is 2.24. The molecule has 0 saturated carbocycles. The van der Waals surface area contributed by atoms with E-state index in [4.69, 9.17) is 15.0 Å². The van der Waals surface area contributed by atoms with Gasteiger partial charge in [-0.15, -0.1) is 0 Å². The van der Waals surface area contributed by atoms with E-state index in [0.717, 1.165) is 18.1 Å². The van der Waals surface area contributed by atoms with Crippen LogP contribution in [0.3, 0.4) is 0 Å². The Morgan fingerprint density at radius 3 is 1.84 bits per heavy atom. The van der Waals surface area contributed by atoms with Crippen LogP contribution < -0.4 is 0 Å². The fourth-order valence-corrected chi connectivity index (χ4v) is 1.54. The minimum atomic E-state index is -0.894. The van der Waals surface area contributed by atoms with E-state index in [1.807, 2.05) is 42.5 Å². The molecule has 0 bridgehead atoms. The predicted octanol–water partition coefficient (Wildman–Crippen LogP) is 3.14. The van der Waals surface area contributed by atoms with Crippen LogP contribution in [0.15, 0.2) is 54.6 Å². The summed E-state index contributed by atoms with van der Waals surface area (Å²) in [7, 11) is 0. The van der Waals surface area contributed by atoms with Crippen molar-refractivity contribution in [2.24, 2.45) is 0 Å². The zero-order valence-electron chi connectivity index (χ0n) is 10.4. The second-order valence-electron chi connectivity index (χ2n) is 3.74. The SMILES string of the molecule is CC(=O)O.O=C(O)c1ccccc1-c1ccccc1. The van der Waals surface area contributed by atoms with Gasteiger partial charge in [0.25, 0.3) is 5.97 Å². The first-order valence-electron chi connectivity index (χ1n) is 5.59. The summed E-state index contributed by atoms with van der Waals surface area (Å²) in [6.07, 6.45) is 0. The number of benzene rings is 2. The van der Waals surface area contributed by atoms with Gasteiger partial charge in [-0.3, -0.25) is 4.79 Å². The van der Waals surface area contributed by atoms with E-state index in [9.17, 15) is 4.79 Å². The van der Waals surface area contributed by atoms with Crippen LogP contribution in [0.1, 0.15) is 17.3 Å². The van der Waals surface area contributed by atoms with Crippen molar-refractivity contribution in [3.05, 3.63) is 60.2 Å². The molecule has 0 saturated heterocycles. The quantitative estimate of drug-likeness (QED) is 0.867. The summed E-state index contributed by atoms with van der Waals surface area (Å²) in [6.45, 7) is 1.08. The second kappa shape index (κ2) is 6.96. The predicted molar refractivity (Wildman–Crippen MR) is 72.1 cm³/mol. The zero-order chi connectivity index (χ0) is 14.3. The molecule has 2 aromatic carbocycles. The molecule has 0 aliphatic rings. The number of aliphatic carboxylic acids is 1. The van der Waals surface area contributed by atoms with Gasteiger partial charge in [-0.2, -0.15) is 0 Å². The van der Waals surface area contributed by atoms with Crippen molar-refractivity contribution in [2.45, 2.75) is 6.92 Å². The van der Waals surface area contributed by atoms with Gasteiger partial charge in [0.15, 0.2) is 0 Å². The standard InChI is InChI=1S/C13H10O2.C2H4O2/c14-13(15)12-9-5-4-8-11(12)10-6-2-1-3-7-10;1-2(3)4/h1-9H,(H,14,15);1H3,(H,3,4). The van der Waals surface area contributed by atoms with Gasteiger partial charge in [-0.1, -0.05) is 48.5 Å². The molecule has 0 aromatic heterocycles. The molecule has 2 N–H and O–H groups in total. The van der Waals surface area contributed by atoms with Crippen LogP contribution >= 0.6 is 0 Å². The van der Waals surface area contributed by atoms with E-state index in [1.165, 1.54) is 0 Å². The number of hydrogen-bond donors (Lipinski definition) is 2. The Balaban J connectivity index is 0.000000399. The maximum Gasteiger partial charge on any atom is 0.336 e. The van der Waals surface area contributed by atoms with E-state index in [2.05, 4.69) is 0 Å². The Bertz CT molecular complexity index is 557. The number of carbonyl (C=O) groups is 2. The first-order chi connectivity index (χ1) is 9.02. The highest BCUT2D eigenvalue weighted by atomic mass is 16.4. The van der Waals surface area contributed by atoms with Gasteiger partial charge >= 0.3 is 5.97 Å². The lowest BCUT2D eigenvalue weighted by Gasteiger charge is -2.05. The summed E-state index contributed by atoms with van der Waals surface area (Å²) in [5.74, 6) is -1.73. The van der Waals surface area contributed by atoms with Gasteiger partial charge in [0, 0.05) is 6.92 Å². The molecule has 4 nitrogen and oxygen atoms in total. The molecule has 0 fully saturated rings. The van der Waals surface area contributed by atoms with Gasteiger partial charge in [0.05, 0.1) is 5.56 Å². The lowest BCUT2D eigenvalue weighted by molar-refractivity contribution is -0.134. The van der Waals surface area contributed by atoms with E-state index in [-0.39, 0.29) is 0 Å². The van der Waals surface area contributed by atoms with Gasteiger partial charge in [0.1, 0.15) is 0 Å². The van der Waals surface area contributed by atoms with Gasteiger partial charge in [0.2, 0.25) is 0 Å². The fraction of sp³-hybridized carbons (Fsp3) is 0.0667. The first-order valence-corrected chi connectivity index (χ1v) is 5.59. The molecule has 0 radical (unpaired) electrons. The minimum absolute atomic E-state index is 0.337. The molecule has 98 valence electrons. The molecular formula is C15H14O4. The summed E-state index contributed by atoms with van der Waals surface area (Å²) >= 11 is 0. The molecule has 2 rings (SSSR count). The largest absolute Gasteiger partial charge is 0.481 e. The van der Waals surface area contributed by atoms with Crippen LogP contribution in [0.25, 0.3) is 11.1 Å². The Morgan fingerprint density at radius 2 is 1.32 bits per heavy atom. The van der Waals surface area contributed by atoms with Crippen molar-refractivity contribution in [3.8, 4) is 11.1 Å². The van der Waals surface area contributed by atoms with E-state index >= 15 is 0 Å². The molecule has 19 heavy (non-hydrogen) atoms. The van der Waals surface area contributed by atoms with Gasteiger partial charge in [-0.05, 0) is 17.2 Å². The Hall–Kier alpha value is -2.62. The van der Waals surface area contributed by atoms with E-state index < -0.39 is 11.9 Å². The van der Waals surface area contributed by atoms with Crippen molar-refractivity contribution in [1.82, 2.24) is 0 Å². The molecule has 0 spiro atoms. The van der Waals surface area contributed by atoms with Crippen LogP contribution in [-0.4, -0.2) is 22.2 Å². The molecule has 0 amide bonds. The molecule has 0 heterocycles. The number of rotatable bonds is 2. The van der Waals surface area contributed by atoms with Gasteiger partial charge in [-0.25, -0.2) is 4.79 Å². The zero-order valence-corrected chi connectivity index (χ0v) is 10.4. The molecule has 0 aliphatic heterocycles. The average molecular weight is 258 g/mol. The highest BCUT2D eigenvalue weighted by Crippen LogP contribution is 2.22. The van der Waals surface area contributed by atoms with Crippen molar-refractivity contribution >= 4 is 11.9 Å². The van der Waals surface area contributed by atoms with Crippen LogP contribution in [0.4, 0.5) is 0 Å². The lowest BCUT2D eigenvalue weighted by atomic mass is 10.00. The monoisotopic (exact) mass is 258 g/mol. The Kier molecular flexibility index (Phi) is 5.29. The number of carboxylic acid groups (broad SMARTS) is 2. The minimum Gasteiger partial charge on any atom is -0.481 e. The van der Waals surface area contributed by atoms with Crippen molar-refractivity contribution in [3.63, 3.8) is 0 Å². The Labute approximate surface area is 111 Å². The number of hydrogen-bond acceptors (Lipinski definition) is 2. The summed E-state index contributed by atoms with van der Waals surface area (Å²) in [4.78, 5) is 20.0. The summed E-state index contributed by atoms with van der Waals surface area (Å²) < 4.78 is 0. The molecule has 0 atom stereocenters. The topological polar surface area (TPSA) is 74.6 Å². The van der Waals surface area contributed by atoms with Gasteiger partial charge < -0.3 is 10.2 Å². The molecule has 0 unspecified atom stereocenters. The van der Waals surface area contributed by atoms with Crippen molar-refractivity contribution in [2.75, 3.05) is 0 Å². The summed E-state index contributed by atoms with van der Waals surface area (Å²) in [6, 6.07) is 16.5. The highest BCUT2D eigenvalue weighted by molar-refractivity contribution is 5.95. The first kappa shape index (κ1) is 14.4. The van der Waals surface area contributed by atoms with Crippen LogP contribution in [-0.2, 0) is 4.79 Å². The third kappa shape index (κ3) is 4.63. The van der Waals surface area contributed by atoms with E-state index in [1.54, 1.807) is 12.1 Å². The van der Waals surface area contributed by atoms with Crippen LogP contribution in [0.2, 0.25) is 0 Å². The Morgan fingerprint density at radius 1 is 0.842 bits per heavy atom. The summed E-state index contributed by atoms with van der Waals surface area (Å²) in [5, 5.41) is 16.4. The highest BCUT2D eigenvalue weighted by Gasteiger charge is 2.09. The fourth-order valence-electron chi connectivity index (χ4n) is 1.54. The van der Waals surface area contributed by atoms with Crippen molar-refractivity contribution < 1.29 is 19.8 Å². The molecule has 4 heteroatoms. The lowest BCUT2D eigenvalue weighted by Crippen LogP contribution is -1.98. The average Bonchev–Trinajstić information content (AvgIpc) is 2.39. The molecule has 0 aliphatic carbocycles. The van der Waals surface area contributed by atoms with Crippen molar-refractivity contribution in [1.29, 1.82) is 0 Å². The molecular weight excluding hydrogens is 244 g/mol. The van der Waals surface area contributed by atoms with Crippen LogP contribution in [0.5, 0.6) is 0 Å². The number of aromatic carboxylic acids is 1. The summed E-state index contributed by atoms with van der Waals surface area (Å²) in [5.41, 5.74) is 2.02. The smallest absolute Gasteiger partial charge is 0.336 e. The van der Waals surface area contributed by atoms with Crippen LogP contribution in [0, 0.1) is 0 Å². The number of carboxylic acids is 2. The maximum atomic E-state index is 11.0. The van der Waals surface area contributed by atoms with E-state index in [0.29, 0.717) is 5.56 Å².